The molecule has 3 heteroatoms. The first-order valence-corrected chi connectivity index (χ1v) is 7.36. The molecule has 1 saturated heterocycles. The summed E-state index contributed by atoms with van der Waals surface area (Å²) >= 11 is 0. The first-order valence-electron chi connectivity index (χ1n) is 7.36. The second kappa shape index (κ2) is 7.34. The average molecular weight is 241 g/mol. The van der Waals surface area contributed by atoms with Gasteiger partial charge in [0.2, 0.25) is 0 Å². The fourth-order valence-electron chi connectivity index (χ4n) is 2.97. The third-order valence-corrected chi connectivity index (χ3v) is 3.99. The van der Waals surface area contributed by atoms with Gasteiger partial charge in [0, 0.05) is 6.54 Å². The highest BCUT2D eigenvalue weighted by Gasteiger charge is 2.18. The fraction of sp³-hybridized carbons (Fsp3) is 1.00. The molecule has 1 saturated carbocycles. The molecule has 1 aliphatic carbocycles. The normalized spacial score (nSPS) is 25.9. The van der Waals surface area contributed by atoms with Gasteiger partial charge >= 0.3 is 0 Å². The Balaban J connectivity index is 1.59. The van der Waals surface area contributed by atoms with Crippen molar-refractivity contribution in [1.82, 2.24) is 4.90 Å². The number of β-amino-alcohol motifs (C(OH)–C–C–N with tert-alkyl or cyclic N) is 1. The van der Waals surface area contributed by atoms with Crippen LogP contribution in [0.4, 0.5) is 0 Å². The summed E-state index contributed by atoms with van der Waals surface area (Å²) in [5.41, 5.74) is 0. The van der Waals surface area contributed by atoms with Gasteiger partial charge in [0.25, 0.3) is 0 Å². The molecule has 0 aromatic rings. The number of aliphatic hydroxyl groups is 1. The van der Waals surface area contributed by atoms with Crippen molar-refractivity contribution in [3.63, 3.8) is 0 Å². The standard InChI is InChI=1S/C14H27NO2/c16-13(12-17-14-7-3-4-8-14)11-15-9-5-1-2-6-10-15/h13-14,16H,1-12H2/t13-/m1/s1. The third-order valence-electron chi connectivity index (χ3n) is 3.99. The highest BCUT2D eigenvalue weighted by molar-refractivity contribution is 4.70. The molecule has 2 fully saturated rings. The minimum atomic E-state index is -0.297. The minimum absolute atomic E-state index is 0.297. The van der Waals surface area contributed by atoms with Crippen LogP contribution in [0.5, 0.6) is 0 Å². The van der Waals surface area contributed by atoms with Gasteiger partial charge in [0.1, 0.15) is 0 Å². The van der Waals surface area contributed by atoms with Crippen molar-refractivity contribution in [3.8, 4) is 0 Å². The highest BCUT2D eigenvalue weighted by atomic mass is 16.5. The van der Waals surface area contributed by atoms with Crippen molar-refractivity contribution in [3.05, 3.63) is 0 Å². The van der Waals surface area contributed by atoms with E-state index in [2.05, 4.69) is 4.90 Å². The van der Waals surface area contributed by atoms with Gasteiger partial charge in [0.05, 0.1) is 18.8 Å². The Bertz CT molecular complexity index is 196. The highest BCUT2D eigenvalue weighted by Crippen LogP contribution is 2.21. The molecule has 0 amide bonds. The van der Waals surface area contributed by atoms with Crippen molar-refractivity contribution in [2.75, 3.05) is 26.2 Å². The van der Waals surface area contributed by atoms with Crippen molar-refractivity contribution in [2.45, 2.75) is 63.6 Å². The number of nitrogens with zero attached hydrogens (tertiary/aromatic N) is 1. The van der Waals surface area contributed by atoms with Crippen molar-refractivity contribution < 1.29 is 9.84 Å². The summed E-state index contributed by atoms with van der Waals surface area (Å²) in [6.07, 6.45) is 10.4. The molecular weight excluding hydrogens is 214 g/mol. The summed E-state index contributed by atoms with van der Waals surface area (Å²) in [5, 5.41) is 9.99. The largest absolute Gasteiger partial charge is 0.389 e. The monoisotopic (exact) mass is 241 g/mol. The average Bonchev–Trinajstić information content (AvgIpc) is 2.72. The summed E-state index contributed by atoms with van der Waals surface area (Å²) in [4.78, 5) is 2.40. The topological polar surface area (TPSA) is 32.7 Å². The first-order chi connectivity index (χ1) is 8.34. The Kier molecular flexibility index (Phi) is 5.75. The van der Waals surface area contributed by atoms with Gasteiger partial charge in [-0.25, -0.2) is 0 Å². The molecule has 2 rings (SSSR count). The van der Waals surface area contributed by atoms with Gasteiger partial charge in [0.15, 0.2) is 0 Å². The van der Waals surface area contributed by atoms with Gasteiger partial charge < -0.3 is 14.7 Å². The van der Waals surface area contributed by atoms with E-state index in [4.69, 9.17) is 4.74 Å². The number of likely N-dealkylation sites (tertiary alicyclic amines) is 1. The SMILES string of the molecule is O[C@@H](COC1CCCC1)CN1CCCCCC1. The maximum Gasteiger partial charge on any atom is 0.0900 e. The van der Waals surface area contributed by atoms with E-state index in [0.717, 1.165) is 19.6 Å². The molecule has 0 spiro atoms. The Morgan fingerprint density at radius 3 is 2.29 bits per heavy atom. The predicted molar refractivity (Wildman–Crippen MR) is 69.1 cm³/mol. The van der Waals surface area contributed by atoms with Gasteiger partial charge in [-0.2, -0.15) is 0 Å². The third kappa shape index (κ3) is 4.94. The zero-order valence-corrected chi connectivity index (χ0v) is 10.9. The van der Waals surface area contributed by atoms with E-state index in [9.17, 15) is 5.11 Å². The lowest BCUT2D eigenvalue weighted by molar-refractivity contribution is -0.0180. The Morgan fingerprint density at radius 1 is 1.00 bits per heavy atom. The molecule has 2 aliphatic rings. The number of ether oxygens (including phenoxy) is 1. The van der Waals surface area contributed by atoms with Crippen LogP contribution in [0.2, 0.25) is 0 Å². The summed E-state index contributed by atoms with van der Waals surface area (Å²) in [6, 6.07) is 0. The van der Waals surface area contributed by atoms with Gasteiger partial charge in [-0.05, 0) is 38.8 Å². The van der Waals surface area contributed by atoms with E-state index >= 15 is 0 Å². The second-order valence-corrected chi connectivity index (χ2v) is 5.61. The van der Waals surface area contributed by atoms with Crippen molar-refractivity contribution in [1.29, 1.82) is 0 Å². The Hall–Kier alpha value is -0.120. The summed E-state index contributed by atoms with van der Waals surface area (Å²) in [6.45, 7) is 3.63. The lowest BCUT2D eigenvalue weighted by Crippen LogP contribution is -2.36. The fourth-order valence-corrected chi connectivity index (χ4v) is 2.97. The quantitative estimate of drug-likeness (QED) is 0.801. The lowest BCUT2D eigenvalue weighted by Gasteiger charge is -2.24. The van der Waals surface area contributed by atoms with E-state index in [1.807, 2.05) is 0 Å². The molecule has 0 radical (unpaired) electrons. The van der Waals surface area contributed by atoms with Crippen LogP contribution < -0.4 is 0 Å². The lowest BCUT2D eigenvalue weighted by atomic mass is 10.2. The summed E-state index contributed by atoms with van der Waals surface area (Å²) in [5.74, 6) is 0. The zero-order chi connectivity index (χ0) is 11.9. The number of hydrogen-bond donors (Lipinski definition) is 1. The number of aliphatic hydroxyl groups excluding tert-OH is 1. The van der Waals surface area contributed by atoms with Crippen LogP contribution in [-0.2, 0) is 4.74 Å². The van der Waals surface area contributed by atoms with Crippen LogP contribution in [0, 0.1) is 0 Å². The van der Waals surface area contributed by atoms with E-state index < -0.39 is 0 Å². The molecule has 3 nitrogen and oxygen atoms in total. The second-order valence-electron chi connectivity index (χ2n) is 5.61. The number of hydrogen-bond acceptors (Lipinski definition) is 3. The molecular formula is C14H27NO2. The van der Waals surface area contributed by atoms with Crippen LogP contribution >= 0.6 is 0 Å². The smallest absolute Gasteiger partial charge is 0.0900 e. The van der Waals surface area contributed by atoms with Crippen LogP contribution in [0.15, 0.2) is 0 Å². The number of rotatable bonds is 5. The van der Waals surface area contributed by atoms with Crippen molar-refractivity contribution in [2.24, 2.45) is 0 Å². The minimum Gasteiger partial charge on any atom is -0.389 e. The molecule has 1 aliphatic heterocycles. The zero-order valence-electron chi connectivity index (χ0n) is 10.9. The molecule has 0 unspecified atom stereocenters. The van der Waals surface area contributed by atoms with Gasteiger partial charge in [-0.3, -0.25) is 0 Å². The van der Waals surface area contributed by atoms with Crippen LogP contribution in [0.25, 0.3) is 0 Å². The summed E-state index contributed by atoms with van der Waals surface area (Å²) in [7, 11) is 0. The van der Waals surface area contributed by atoms with E-state index in [0.29, 0.717) is 12.7 Å². The molecule has 1 atom stereocenters. The molecule has 0 aromatic heterocycles. The molecule has 100 valence electrons. The maximum absolute atomic E-state index is 9.99. The molecule has 1 heterocycles. The van der Waals surface area contributed by atoms with Gasteiger partial charge in [-0.15, -0.1) is 0 Å². The summed E-state index contributed by atoms with van der Waals surface area (Å²) < 4.78 is 5.76. The van der Waals surface area contributed by atoms with Crippen molar-refractivity contribution >= 4 is 0 Å². The van der Waals surface area contributed by atoms with E-state index in [1.165, 1.54) is 51.4 Å². The van der Waals surface area contributed by atoms with E-state index in [-0.39, 0.29) is 6.10 Å². The maximum atomic E-state index is 9.99. The van der Waals surface area contributed by atoms with Crippen LogP contribution in [-0.4, -0.2) is 48.5 Å². The first kappa shape index (κ1) is 13.3. The predicted octanol–water partition coefficient (Wildman–Crippen LogP) is 2.18. The molecule has 1 N–H and O–H groups in total. The molecule has 0 aromatic carbocycles. The van der Waals surface area contributed by atoms with Crippen LogP contribution in [0.3, 0.4) is 0 Å². The van der Waals surface area contributed by atoms with Crippen LogP contribution in [0.1, 0.15) is 51.4 Å². The molecule has 17 heavy (non-hydrogen) atoms. The van der Waals surface area contributed by atoms with E-state index in [1.54, 1.807) is 0 Å². The Labute approximate surface area is 105 Å². The Morgan fingerprint density at radius 2 is 1.65 bits per heavy atom. The molecule has 0 bridgehead atoms. The van der Waals surface area contributed by atoms with Gasteiger partial charge in [-0.1, -0.05) is 25.7 Å².